The largest absolute Gasteiger partial charge is 0.436 e. The lowest BCUT2D eigenvalue weighted by molar-refractivity contribution is -0.143. The molecule has 100 valence electrons. The Labute approximate surface area is 109 Å². The van der Waals surface area contributed by atoms with E-state index in [1.807, 2.05) is 13.8 Å². The van der Waals surface area contributed by atoms with Crippen LogP contribution in [0.1, 0.15) is 36.2 Å². The van der Waals surface area contributed by atoms with Gasteiger partial charge in [-0.15, -0.1) is 15.3 Å². The molecular weight excluding hydrogens is 281 g/mol. The molecule has 0 atom stereocenters. The molecule has 0 saturated carbocycles. The fraction of sp³-hybridized carbons (Fsp3) is 0.444. The Balaban J connectivity index is 2.57. The molecule has 0 aliphatic carbocycles. The molecule has 0 amide bonds. The van der Waals surface area contributed by atoms with Crippen LogP contribution in [0.2, 0.25) is 0 Å². The van der Waals surface area contributed by atoms with Gasteiger partial charge in [-0.1, -0.05) is 30.4 Å². The van der Waals surface area contributed by atoms with Crippen molar-refractivity contribution >= 4 is 11.3 Å². The van der Waals surface area contributed by atoms with Crippen LogP contribution < -0.4 is 0 Å². The van der Waals surface area contributed by atoms with Crippen LogP contribution in [0.4, 0.5) is 13.2 Å². The van der Waals surface area contributed by atoms with Crippen LogP contribution in [0.15, 0.2) is 0 Å². The van der Waals surface area contributed by atoms with Crippen LogP contribution in [0.5, 0.6) is 0 Å². The standard InChI is InChI=1S/C9H7F3N6S/c1-4(2)7-15-16-8(19-7)18-6(9(10,11)12)5(3-13)14-17-18/h4H,1-2H3. The summed E-state index contributed by atoms with van der Waals surface area (Å²) in [6, 6.07) is 1.36. The molecule has 2 aromatic rings. The number of hydrogen-bond donors (Lipinski definition) is 0. The van der Waals surface area contributed by atoms with Crippen LogP contribution in [0.3, 0.4) is 0 Å². The molecule has 0 saturated heterocycles. The maximum absolute atomic E-state index is 12.9. The predicted octanol–water partition coefficient (Wildman–Crippen LogP) is 2.13. The van der Waals surface area contributed by atoms with Crippen molar-refractivity contribution in [1.82, 2.24) is 25.2 Å². The van der Waals surface area contributed by atoms with Gasteiger partial charge < -0.3 is 0 Å². The highest BCUT2D eigenvalue weighted by Crippen LogP contribution is 2.33. The first-order valence-corrected chi connectivity index (χ1v) is 5.93. The second-order valence-electron chi connectivity index (χ2n) is 3.89. The summed E-state index contributed by atoms with van der Waals surface area (Å²) < 4.78 is 39.2. The zero-order valence-corrected chi connectivity index (χ0v) is 10.6. The van der Waals surface area contributed by atoms with E-state index in [9.17, 15) is 13.2 Å². The zero-order valence-electron chi connectivity index (χ0n) is 9.80. The second-order valence-corrected chi connectivity index (χ2v) is 4.87. The minimum Gasteiger partial charge on any atom is -0.191 e. The first-order valence-electron chi connectivity index (χ1n) is 5.11. The maximum atomic E-state index is 12.9. The summed E-state index contributed by atoms with van der Waals surface area (Å²) in [5.41, 5.74) is -2.02. The van der Waals surface area contributed by atoms with E-state index < -0.39 is 17.6 Å². The van der Waals surface area contributed by atoms with E-state index in [1.54, 1.807) is 0 Å². The van der Waals surface area contributed by atoms with Crippen molar-refractivity contribution in [2.45, 2.75) is 25.9 Å². The Hall–Kier alpha value is -2.02. The topological polar surface area (TPSA) is 80.3 Å². The van der Waals surface area contributed by atoms with Gasteiger partial charge in [0.15, 0.2) is 11.4 Å². The van der Waals surface area contributed by atoms with Crippen LogP contribution >= 0.6 is 11.3 Å². The Morgan fingerprint density at radius 2 is 1.95 bits per heavy atom. The van der Waals surface area contributed by atoms with Gasteiger partial charge in [0.1, 0.15) is 11.1 Å². The third-order valence-electron chi connectivity index (χ3n) is 2.15. The van der Waals surface area contributed by atoms with Crippen molar-refractivity contribution in [3.05, 3.63) is 16.4 Å². The summed E-state index contributed by atoms with van der Waals surface area (Å²) in [6.45, 7) is 3.69. The molecule has 10 heteroatoms. The highest BCUT2D eigenvalue weighted by atomic mass is 32.1. The number of nitrogens with zero attached hydrogens (tertiary/aromatic N) is 6. The first kappa shape index (κ1) is 13.4. The summed E-state index contributed by atoms with van der Waals surface area (Å²) in [6.07, 6.45) is -4.74. The van der Waals surface area contributed by atoms with Crippen LogP contribution in [-0.2, 0) is 6.18 Å². The van der Waals surface area contributed by atoms with Gasteiger partial charge in [-0.2, -0.15) is 23.1 Å². The van der Waals surface area contributed by atoms with Crippen molar-refractivity contribution in [2.24, 2.45) is 0 Å². The lowest BCUT2D eigenvalue weighted by atomic mass is 10.2. The zero-order chi connectivity index (χ0) is 14.2. The van der Waals surface area contributed by atoms with Crippen molar-refractivity contribution in [2.75, 3.05) is 0 Å². The molecule has 0 N–H and O–H groups in total. The third kappa shape index (κ3) is 2.41. The van der Waals surface area contributed by atoms with E-state index >= 15 is 0 Å². The molecule has 0 spiro atoms. The quantitative estimate of drug-likeness (QED) is 0.845. The Bertz CT molecular complexity index is 635. The highest BCUT2D eigenvalue weighted by molar-refractivity contribution is 7.13. The average Bonchev–Trinajstić information content (AvgIpc) is 2.94. The van der Waals surface area contributed by atoms with Crippen LogP contribution in [-0.4, -0.2) is 25.2 Å². The first-order chi connectivity index (χ1) is 8.84. The van der Waals surface area contributed by atoms with Crippen molar-refractivity contribution < 1.29 is 13.2 Å². The number of nitriles is 1. The van der Waals surface area contributed by atoms with E-state index in [2.05, 4.69) is 20.5 Å². The fourth-order valence-electron chi connectivity index (χ4n) is 1.29. The van der Waals surface area contributed by atoms with Crippen molar-refractivity contribution in [1.29, 1.82) is 5.26 Å². The summed E-state index contributed by atoms with van der Waals surface area (Å²) in [5.74, 6) is 0.0412. The van der Waals surface area contributed by atoms with Gasteiger partial charge in [0.2, 0.25) is 5.13 Å². The molecule has 2 heterocycles. The van der Waals surface area contributed by atoms with Gasteiger partial charge in [-0.25, -0.2) is 0 Å². The predicted molar refractivity (Wildman–Crippen MR) is 58.6 cm³/mol. The fourth-order valence-corrected chi connectivity index (χ4v) is 2.09. The molecule has 6 nitrogen and oxygen atoms in total. The van der Waals surface area contributed by atoms with Gasteiger partial charge in [0.05, 0.1) is 0 Å². The molecule has 0 aromatic carbocycles. The van der Waals surface area contributed by atoms with E-state index in [1.165, 1.54) is 6.07 Å². The minimum absolute atomic E-state index is 0.0412. The molecule has 0 aliphatic rings. The Morgan fingerprint density at radius 1 is 1.26 bits per heavy atom. The smallest absolute Gasteiger partial charge is 0.191 e. The highest BCUT2D eigenvalue weighted by Gasteiger charge is 2.40. The van der Waals surface area contributed by atoms with Gasteiger partial charge in [-0.05, 0) is 0 Å². The Morgan fingerprint density at radius 3 is 2.42 bits per heavy atom. The van der Waals surface area contributed by atoms with E-state index in [-0.39, 0.29) is 11.0 Å². The SMILES string of the molecule is CC(C)c1nnc(-n2nnc(C#N)c2C(F)(F)F)s1. The van der Waals surface area contributed by atoms with E-state index in [0.717, 1.165) is 11.3 Å². The Kier molecular flexibility index (Phi) is 3.23. The van der Waals surface area contributed by atoms with Gasteiger partial charge in [-0.3, -0.25) is 0 Å². The molecule has 0 fully saturated rings. The summed E-state index contributed by atoms with van der Waals surface area (Å²) >= 11 is 0.977. The lowest BCUT2D eigenvalue weighted by Gasteiger charge is -2.06. The molecule has 2 rings (SSSR count). The summed E-state index contributed by atoms with van der Waals surface area (Å²) in [5, 5.41) is 23.1. The van der Waals surface area contributed by atoms with Crippen LogP contribution in [0.25, 0.3) is 5.13 Å². The summed E-state index contributed by atoms with van der Waals surface area (Å²) in [7, 11) is 0. The maximum Gasteiger partial charge on any atom is 0.436 e. The van der Waals surface area contributed by atoms with E-state index in [4.69, 9.17) is 5.26 Å². The van der Waals surface area contributed by atoms with Gasteiger partial charge in [0.25, 0.3) is 0 Å². The normalized spacial score (nSPS) is 11.8. The molecule has 2 aromatic heterocycles. The summed E-state index contributed by atoms with van der Waals surface area (Å²) in [4.78, 5) is 0. The number of hydrogen-bond acceptors (Lipinski definition) is 6. The molecular formula is C9H7F3N6S. The molecule has 19 heavy (non-hydrogen) atoms. The number of halogens is 3. The number of alkyl halides is 3. The molecule has 0 aliphatic heterocycles. The minimum atomic E-state index is -4.74. The number of rotatable bonds is 2. The van der Waals surface area contributed by atoms with Gasteiger partial charge >= 0.3 is 6.18 Å². The molecule has 0 radical (unpaired) electrons. The molecule has 0 bridgehead atoms. The van der Waals surface area contributed by atoms with Crippen molar-refractivity contribution in [3.8, 4) is 11.2 Å². The van der Waals surface area contributed by atoms with E-state index in [0.29, 0.717) is 9.69 Å². The molecule has 0 unspecified atom stereocenters. The van der Waals surface area contributed by atoms with Crippen molar-refractivity contribution in [3.63, 3.8) is 0 Å². The number of aromatic nitrogens is 5. The van der Waals surface area contributed by atoms with Gasteiger partial charge in [0, 0.05) is 5.92 Å². The second kappa shape index (κ2) is 4.58. The van der Waals surface area contributed by atoms with Crippen LogP contribution in [0, 0.1) is 11.3 Å². The lowest BCUT2D eigenvalue weighted by Crippen LogP contribution is -2.14. The third-order valence-corrected chi connectivity index (χ3v) is 3.35. The average molecular weight is 288 g/mol. The monoisotopic (exact) mass is 288 g/mol.